The molecule has 1 aromatic rings. The summed E-state index contributed by atoms with van der Waals surface area (Å²) in [6.07, 6.45) is 0. The molecule has 0 unspecified atom stereocenters. The topological polar surface area (TPSA) is 83.6 Å². The van der Waals surface area contributed by atoms with E-state index in [1.165, 1.54) is 27.0 Å². The maximum absolute atomic E-state index is 13.6. The second-order valence-corrected chi connectivity index (χ2v) is 6.57. The van der Waals surface area contributed by atoms with Crippen LogP contribution < -0.4 is 5.73 Å². The van der Waals surface area contributed by atoms with E-state index in [9.17, 15) is 17.9 Å². The molecule has 1 aromatic carbocycles. The Balaban J connectivity index is 3.34. The molecule has 0 saturated heterocycles. The first kappa shape index (κ1) is 14.9. The number of nitrogens with two attached hydrogens (primary N) is 1. The zero-order valence-electron chi connectivity index (χ0n) is 10.5. The van der Waals surface area contributed by atoms with Crippen LogP contribution in [0.4, 0.5) is 10.1 Å². The standard InChI is InChI=1S/C11H17FN2O3S/c1-11(2,7-15)14(3)18(16,17)10-6-8(13)4-5-9(10)12/h4-6,15H,7,13H2,1-3H3. The van der Waals surface area contributed by atoms with Crippen molar-refractivity contribution < 1.29 is 17.9 Å². The van der Waals surface area contributed by atoms with Crippen LogP contribution in [0.25, 0.3) is 0 Å². The smallest absolute Gasteiger partial charge is 0.246 e. The van der Waals surface area contributed by atoms with Crippen LogP contribution in [-0.2, 0) is 10.0 Å². The number of nitrogens with zero attached hydrogens (tertiary/aromatic N) is 1. The van der Waals surface area contributed by atoms with Gasteiger partial charge in [-0.25, -0.2) is 12.8 Å². The van der Waals surface area contributed by atoms with E-state index in [-0.39, 0.29) is 12.3 Å². The maximum atomic E-state index is 13.6. The number of likely N-dealkylation sites (N-methyl/N-ethyl adjacent to an activating group) is 1. The van der Waals surface area contributed by atoms with Crippen LogP contribution in [-0.4, -0.2) is 37.0 Å². The third-order valence-corrected chi connectivity index (χ3v) is 4.92. The Morgan fingerprint density at radius 2 is 2.00 bits per heavy atom. The molecule has 0 atom stereocenters. The predicted octanol–water partition coefficient (Wildman–Crippen LogP) is 0.799. The predicted molar refractivity (Wildman–Crippen MR) is 66.9 cm³/mol. The minimum Gasteiger partial charge on any atom is -0.399 e. The monoisotopic (exact) mass is 276 g/mol. The number of benzene rings is 1. The number of nitrogen functional groups attached to an aromatic ring is 1. The van der Waals surface area contributed by atoms with E-state index < -0.39 is 26.3 Å². The van der Waals surface area contributed by atoms with Crippen LogP contribution in [0.15, 0.2) is 23.1 Å². The van der Waals surface area contributed by atoms with Gasteiger partial charge in [-0.1, -0.05) is 0 Å². The average Bonchev–Trinajstić information content (AvgIpc) is 2.31. The van der Waals surface area contributed by atoms with Crippen LogP contribution in [0, 0.1) is 5.82 Å². The summed E-state index contributed by atoms with van der Waals surface area (Å²) in [7, 11) is -2.76. The third-order valence-electron chi connectivity index (χ3n) is 2.83. The van der Waals surface area contributed by atoms with Gasteiger partial charge in [-0.2, -0.15) is 4.31 Å². The Labute approximate surface area is 106 Å². The van der Waals surface area contributed by atoms with Crippen molar-refractivity contribution in [2.45, 2.75) is 24.3 Å². The second kappa shape index (κ2) is 4.83. The van der Waals surface area contributed by atoms with Crippen molar-refractivity contribution >= 4 is 15.7 Å². The molecule has 0 aliphatic heterocycles. The van der Waals surface area contributed by atoms with Gasteiger partial charge in [0.05, 0.1) is 12.1 Å². The molecule has 18 heavy (non-hydrogen) atoms. The van der Waals surface area contributed by atoms with E-state index in [4.69, 9.17) is 5.73 Å². The molecule has 0 amide bonds. The number of halogens is 1. The maximum Gasteiger partial charge on any atom is 0.246 e. The minimum absolute atomic E-state index is 0.158. The normalized spacial score (nSPS) is 13.0. The molecule has 0 heterocycles. The second-order valence-electron chi connectivity index (χ2n) is 4.63. The number of sulfonamides is 1. The van der Waals surface area contributed by atoms with Crippen molar-refractivity contribution in [1.82, 2.24) is 4.31 Å². The first-order valence-electron chi connectivity index (χ1n) is 5.28. The highest BCUT2D eigenvalue weighted by molar-refractivity contribution is 7.89. The highest BCUT2D eigenvalue weighted by Crippen LogP contribution is 2.25. The molecule has 102 valence electrons. The lowest BCUT2D eigenvalue weighted by molar-refractivity contribution is 0.137. The van der Waals surface area contributed by atoms with Gasteiger partial charge in [0, 0.05) is 12.7 Å². The van der Waals surface area contributed by atoms with Gasteiger partial charge in [0.25, 0.3) is 0 Å². The summed E-state index contributed by atoms with van der Waals surface area (Å²) in [6.45, 7) is 2.69. The molecule has 0 saturated carbocycles. The van der Waals surface area contributed by atoms with Gasteiger partial charge in [0.15, 0.2) is 0 Å². The van der Waals surface area contributed by atoms with Gasteiger partial charge >= 0.3 is 0 Å². The van der Waals surface area contributed by atoms with Crippen molar-refractivity contribution in [3.63, 3.8) is 0 Å². The summed E-state index contributed by atoms with van der Waals surface area (Å²) in [6, 6.07) is 3.35. The molecule has 1 rings (SSSR count). The van der Waals surface area contributed by atoms with Crippen LogP contribution in [0.5, 0.6) is 0 Å². The van der Waals surface area contributed by atoms with Gasteiger partial charge in [0.2, 0.25) is 10.0 Å². The Bertz CT molecular complexity index is 543. The molecule has 0 fully saturated rings. The Morgan fingerprint density at radius 1 is 1.44 bits per heavy atom. The van der Waals surface area contributed by atoms with Crippen molar-refractivity contribution in [3.8, 4) is 0 Å². The van der Waals surface area contributed by atoms with Crippen LogP contribution in [0.1, 0.15) is 13.8 Å². The molecular weight excluding hydrogens is 259 g/mol. The van der Waals surface area contributed by atoms with E-state index >= 15 is 0 Å². The fourth-order valence-electron chi connectivity index (χ4n) is 1.29. The summed E-state index contributed by atoms with van der Waals surface area (Å²) in [5.74, 6) is -0.871. The molecule has 0 bridgehead atoms. The van der Waals surface area contributed by atoms with E-state index in [0.717, 1.165) is 16.4 Å². The van der Waals surface area contributed by atoms with Crippen LogP contribution >= 0.6 is 0 Å². The average molecular weight is 276 g/mol. The number of hydrogen-bond acceptors (Lipinski definition) is 4. The van der Waals surface area contributed by atoms with E-state index in [1.54, 1.807) is 0 Å². The van der Waals surface area contributed by atoms with Gasteiger partial charge in [0.1, 0.15) is 10.7 Å². The highest BCUT2D eigenvalue weighted by Gasteiger charge is 2.35. The van der Waals surface area contributed by atoms with Crippen LogP contribution in [0.3, 0.4) is 0 Å². The third kappa shape index (κ3) is 2.63. The molecule has 0 aliphatic rings. The number of hydrogen-bond donors (Lipinski definition) is 2. The van der Waals surface area contributed by atoms with Gasteiger partial charge in [-0.3, -0.25) is 0 Å². The number of anilines is 1. The fourth-order valence-corrected chi connectivity index (χ4v) is 2.89. The molecule has 0 aliphatic carbocycles. The Morgan fingerprint density at radius 3 is 2.50 bits per heavy atom. The number of aliphatic hydroxyl groups is 1. The first-order valence-corrected chi connectivity index (χ1v) is 6.72. The SMILES string of the molecule is CN(C(C)(C)CO)S(=O)(=O)c1cc(N)ccc1F. The molecule has 0 aromatic heterocycles. The molecule has 0 radical (unpaired) electrons. The van der Waals surface area contributed by atoms with Gasteiger partial charge in [-0.05, 0) is 32.0 Å². The molecule has 0 spiro atoms. The summed E-state index contributed by atoms with van der Waals surface area (Å²) in [5.41, 5.74) is 4.59. The van der Waals surface area contributed by atoms with Crippen molar-refractivity contribution in [3.05, 3.63) is 24.0 Å². The lowest BCUT2D eigenvalue weighted by atomic mass is 10.1. The number of aliphatic hydroxyl groups excluding tert-OH is 1. The molecule has 7 heteroatoms. The summed E-state index contributed by atoms with van der Waals surface area (Å²) >= 11 is 0. The fraction of sp³-hybridized carbons (Fsp3) is 0.455. The Hall–Kier alpha value is -1.18. The van der Waals surface area contributed by atoms with E-state index in [2.05, 4.69) is 0 Å². The molecule has 5 nitrogen and oxygen atoms in total. The molecule has 3 N–H and O–H groups in total. The van der Waals surface area contributed by atoms with Crippen molar-refractivity contribution in [2.75, 3.05) is 19.4 Å². The van der Waals surface area contributed by atoms with E-state index in [1.807, 2.05) is 0 Å². The molecular formula is C11H17FN2O3S. The highest BCUT2D eigenvalue weighted by atomic mass is 32.2. The summed E-state index contributed by atoms with van der Waals surface area (Å²) in [4.78, 5) is -0.494. The number of rotatable bonds is 4. The van der Waals surface area contributed by atoms with Crippen molar-refractivity contribution in [2.24, 2.45) is 0 Å². The lowest BCUT2D eigenvalue weighted by Gasteiger charge is -2.32. The first-order chi connectivity index (χ1) is 8.13. The van der Waals surface area contributed by atoms with Gasteiger partial charge in [-0.15, -0.1) is 0 Å². The zero-order chi connectivity index (χ0) is 14.1. The van der Waals surface area contributed by atoms with Crippen LogP contribution in [0.2, 0.25) is 0 Å². The quantitative estimate of drug-likeness (QED) is 0.797. The summed E-state index contributed by atoms with van der Waals surface area (Å²) < 4.78 is 39.0. The van der Waals surface area contributed by atoms with Gasteiger partial charge < -0.3 is 10.8 Å². The van der Waals surface area contributed by atoms with Crippen molar-refractivity contribution in [1.29, 1.82) is 0 Å². The Kier molecular flexibility index (Phi) is 3.99. The summed E-state index contributed by atoms with van der Waals surface area (Å²) in [5, 5.41) is 9.17. The largest absolute Gasteiger partial charge is 0.399 e. The van der Waals surface area contributed by atoms with E-state index in [0.29, 0.717) is 0 Å². The lowest BCUT2D eigenvalue weighted by Crippen LogP contribution is -2.47. The minimum atomic E-state index is -4.04. The zero-order valence-corrected chi connectivity index (χ0v) is 11.3.